The van der Waals surface area contributed by atoms with Gasteiger partial charge in [-0.1, -0.05) is 52.7 Å². The molecule has 0 aromatic carbocycles. The van der Waals surface area contributed by atoms with Crippen LogP contribution in [0.15, 0.2) is 11.1 Å². The third kappa shape index (κ3) is 2.90. The van der Waals surface area contributed by atoms with Gasteiger partial charge in [-0.05, 0) is 97.2 Å². The third-order valence-electron chi connectivity index (χ3n) is 11.3. The van der Waals surface area contributed by atoms with E-state index in [2.05, 4.69) is 41.5 Å². The van der Waals surface area contributed by atoms with E-state index in [-0.39, 0.29) is 27.8 Å². The second-order valence-electron chi connectivity index (χ2n) is 12.6. The first-order valence-electron chi connectivity index (χ1n) is 12.5. The summed E-state index contributed by atoms with van der Waals surface area (Å²) in [5.74, 6) is 1.03. The zero-order chi connectivity index (χ0) is 22.1. The smallest absolute Gasteiger partial charge is 0.303 e. The van der Waals surface area contributed by atoms with Crippen LogP contribution < -0.4 is 0 Å². The Balaban J connectivity index is 1.68. The van der Waals surface area contributed by atoms with Gasteiger partial charge in [0, 0.05) is 6.42 Å². The number of carbonyl (C=O) groups is 1. The van der Waals surface area contributed by atoms with Crippen LogP contribution in [0.5, 0.6) is 0 Å². The number of carboxylic acid groups (broad SMARTS) is 1. The van der Waals surface area contributed by atoms with E-state index < -0.39 is 5.97 Å². The average molecular weight is 417 g/mol. The van der Waals surface area contributed by atoms with Crippen LogP contribution in [0.4, 0.5) is 0 Å². The van der Waals surface area contributed by atoms with Crippen molar-refractivity contribution in [2.75, 3.05) is 0 Å². The summed E-state index contributed by atoms with van der Waals surface area (Å²) in [5.41, 5.74) is 4.32. The second kappa shape index (κ2) is 7.09. The summed E-state index contributed by atoms with van der Waals surface area (Å²) >= 11 is 0. The van der Waals surface area contributed by atoms with Crippen molar-refractivity contribution in [2.24, 2.45) is 39.4 Å². The van der Waals surface area contributed by atoms with E-state index in [4.69, 9.17) is 0 Å². The van der Waals surface area contributed by atoms with Gasteiger partial charge in [-0.2, -0.15) is 0 Å². The molecule has 0 aromatic rings. The summed E-state index contributed by atoms with van der Waals surface area (Å²) < 4.78 is 0. The van der Waals surface area contributed by atoms with Gasteiger partial charge >= 0.3 is 5.97 Å². The molecular formula is C27H44O3. The van der Waals surface area contributed by atoms with Crippen molar-refractivity contribution in [2.45, 2.75) is 112 Å². The molecule has 0 aromatic heterocycles. The van der Waals surface area contributed by atoms with E-state index in [0.29, 0.717) is 24.2 Å². The van der Waals surface area contributed by atoms with Crippen LogP contribution in [0, 0.1) is 39.4 Å². The number of hydrogen-bond donors (Lipinski definition) is 2. The molecule has 170 valence electrons. The number of hydrogen-bond acceptors (Lipinski definition) is 2. The van der Waals surface area contributed by atoms with Crippen LogP contribution in [0.25, 0.3) is 0 Å². The number of allylic oxidation sites excluding steroid dienone is 2. The second-order valence-corrected chi connectivity index (χ2v) is 12.6. The molecule has 0 amide bonds. The lowest BCUT2D eigenvalue weighted by Gasteiger charge is -2.62. The Hall–Kier alpha value is -0.830. The van der Waals surface area contributed by atoms with Crippen LogP contribution in [0.2, 0.25) is 0 Å². The molecule has 0 spiro atoms. The topological polar surface area (TPSA) is 57.5 Å². The lowest BCUT2D eigenvalue weighted by atomic mass is 9.43. The van der Waals surface area contributed by atoms with E-state index in [0.717, 1.165) is 19.3 Å². The van der Waals surface area contributed by atoms with Crippen LogP contribution in [0.1, 0.15) is 106 Å². The minimum Gasteiger partial charge on any atom is -0.481 e. The number of fused-ring (bicyclic) bond motifs is 4. The van der Waals surface area contributed by atoms with Gasteiger partial charge in [-0.3, -0.25) is 4.79 Å². The molecule has 0 bridgehead atoms. The fourth-order valence-electron chi connectivity index (χ4n) is 9.18. The summed E-state index contributed by atoms with van der Waals surface area (Å²) in [7, 11) is 0. The average Bonchev–Trinajstić information content (AvgIpc) is 2.95. The molecular weight excluding hydrogens is 372 g/mol. The molecule has 4 rings (SSSR count). The number of carboxylic acids is 1. The zero-order valence-electron chi connectivity index (χ0n) is 20.2. The number of aliphatic hydroxyl groups is 1. The lowest BCUT2D eigenvalue weighted by molar-refractivity contribution is -0.137. The highest BCUT2D eigenvalue weighted by Crippen LogP contribution is 2.72. The molecule has 2 unspecified atom stereocenters. The first-order chi connectivity index (χ1) is 13.9. The van der Waals surface area contributed by atoms with Crippen molar-refractivity contribution >= 4 is 5.97 Å². The maximum absolute atomic E-state index is 11.2. The molecule has 3 nitrogen and oxygen atoms in total. The predicted molar refractivity (Wildman–Crippen MR) is 121 cm³/mol. The molecule has 4 aliphatic rings. The summed E-state index contributed by atoms with van der Waals surface area (Å²) in [6.45, 7) is 14.5. The van der Waals surface area contributed by atoms with Crippen molar-refractivity contribution in [1.82, 2.24) is 0 Å². The molecule has 2 fully saturated rings. The van der Waals surface area contributed by atoms with Gasteiger partial charge in [-0.25, -0.2) is 0 Å². The largest absolute Gasteiger partial charge is 0.481 e. The summed E-state index contributed by atoms with van der Waals surface area (Å²) in [5, 5.41) is 19.9. The van der Waals surface area contributed by atoms with Gasteiger partial charge in [-0.15, -0.1) is 0 Å². The molecule has 0 radical (unpaired) electrons. The van der Waals surface area contributed by atoms with Crippen LogP contribution in [0.3, 0.4) is 0 Å². The molecule has 7 atom stereocenters. The van der Waals surface area contributed by atoms with Crippen LogP contribution in [-0.4, -0.2) is 22.3 Å². The monoisotopic (exact) mass is 416 g/mol. The van der Waals surface area contributed by atoms with Crippen molar-refractivity contribution < 1.29 is 15.0 Å². The van der Waals surface area contributed by atoms with Gasteiger partial charge < -0.3 is 10.2 Å². The van der Waals surface area contributed by atoms with E-state index in [1.807, 2.05) is 0 Å². The third-order valence-corrected chi connectivity index (χ3v) is 11.3. The molecule has 3 heteroatoms. The number of aliphatic carboxylic acids is 1. The highest BCUT2D eigenvalue weighted by Gasteiger charge is 2.63. The fourth-order valence-corrected chi connectivity index (χ4v) is 9.18. The van der Waals surface area contributed by atoms with Crippen molar-refractivity contribution in [1.29, 1.82) is 0 Å². The molecule has 0 heterocycles. The first kappa shape index (κ1) is 22.4. The van der Waals surface area contributed by atoms with E-state index >= 15 is 0 Å². The Morgan fingerprint density at radius 1 is 1.00 bits per heavy atom. The maximum atomic E-state index is 11.2. The molecule has 0 aliphatic heterocycles. The molecule has 0 saturated heterocycles. The van der Waals surface area contributed by atoms with Gasteiger partial charge in [0.05, 0.1) is 6.10 Å². The molecule has 2 N–H and O–H groups in total. The number of aliphatic hydroxyl groups excluding tert-OH is 1. The molecule has 4 aliphatic carbocycles. The summed E-state index contributed by atoms with van der Waals surface area (Å²) in [4.78, 5) is 11.2. The normalized spacial score (nSPS) is 46.0. The van der Waals surface area contributed by atoms with E-state index in [1.54, 1.807) is 11.1 Å². The van der Waals surface area contributed by atoms with Gasteiger partial charge in [0.25, 0.3) is 0 Å². The summed E-state index contributed by atoms with van der Waals surface area (Å²) in [6.07, 6.45) is 10.4. The molecule has 30 heavy (non-hydrogen) atoms. The Morgan fingerprint density at radius 2 is 1.70 bits per heavy atom. The predicted octanol–water partition coefficient (Wildman–Crippen LogP) is 6.60. The highest BCUT2D eigenvalue weighted by atomic mass is 16.4. The zero-order valence-corrected chi connectivity index (χ0v) is 20.2. The van der Waals surface area contributed by atoms with Gasteiger partial charge in [0.1, 0.15) is 0 Å². The van der Waals surface area contributed by atoms with Crippen molar-refractivity contribution in [3.05, 3.63) is 11.1 Å². The van der Waals surface area contributed by atoms with E-state index in [1.165, 1.54) is 38.5 Å². The maximum Gasteiger partial charge on any atom is 0.303 e. The van der Waals surface area contributed by atoms with Gasteiger partial charge in [0.15, 0.2) is 0 Å². The Bertz CT molecular complexity index is 751. The Kier molecular flexibility index (Phi) is 5.28. The quantitative estimate of drug-likeness (QED) is 0.508. The van der Waals surface area contributed by atoms with E-state index in [9.17, 15) is 15.0 Å². The first-order valence-corrected chi connectivity index (χ1v) is 12.5. The minimum absolute atomic E-state index is 0.00323. The minimum atomic E-state index is -0.658. The van der Waals surface area contributed by atoms with Crippen LogP contribution >= 0.6 is 0 Å². The number of rotatable bonds is 4. The highest BCUT2D eigenvalue weighted by molar-refractivity contribution is 5.66. The van der Waals surface area contributed by atoms with Gasteiger partial charge in [0.2, 0.25) is 0 Å². The Labute approximate surface area is 183 Å². The SMILES string of the molecule is C[C@H](CCC(=O)O)[C@H]1CC[C@@]2(C)C3=C(CC[C@]12C)C1(C)CCC(O)C(C)(C)[C@@H]1CC3. The lowest BCUT2D eigenvalue weighted by Crippen LogP contribution is -2.55. The van der Waals surface area contributed by atoms with Crippen molar-refractivity contribution in [3.63, 3.8) is 0 Å². The molecule has 2 saturated carbocycles. The fraction of sp³-hybridized carbons (Fsp3) is 0.889. The standard InChI is InChI=1S/C27H44O3/c1-17(7-10-23(29)30)18-11-15-27(6)20-8-9-21-24(2,3)22(28)13-14-25(21,4)19(20)12-16-26(18,27)5/h17-18,21-22,28H,7-16H2,1-6H3,(H,29,30)/t17-,18-,21+,22?,25?,26-,27+/m1/s1. The van der Waals surface area contributed by atoms with Crippen molar-refractivity contribution in [3.8, 4) is 0 Å². The summed E-state index contributed by atoms with van der Waals surface area (Å²) in [6, 6.07) is 0. The Morgan fingerprint density at radius 3 is 2.37 bits per heavy atom. The van der Waals surface area contributed by atoms with Crippen LogP contribution in [-0.2, 0) is 4.79 Å².